The fourth-order valence-corrected chi connectivity index (χ4v) is 3.52. The fourth-order valence-electron chi connectivity index (χ4n) is 3.52. The summed E-state index contributed by atoms with van der Waals surface area (Å²) in [5, 5.41) is 0. The van der Waals surface area contributed by atoms with Gasteiger partial charge in [0.05, 0.1) is 0 Å². The monoisotopic (exact) mass is 282 g/mol. The second kappa shape index (κ2) is 5.92. The zero-order chi connectivity index (χ0) is 14.8. The highest BCUT2D eigenvalue weighted by molar-refractivity contribution is 5.68. The van der Waals surface area contributed by atoms with Gasteiger partial charge in [-0.1, -0.05) is 19.3 Å². The van der Waals surface area contributed by atoms with E-state index in [4.69, 9.17) is 10.5 Å². The minimum absolute atomic E-state index is 0.0566. The molecule has 0 aromatic carbocycles. The molecule has 20 heavy (non-hydrogen) atoms. The van der Waals surface area contributed by atoms with Crippen LogP contribution in [0.3, 0.4) is 0 Å². The van der Waals surface area contributed by atoms with Gasteiger partial charge in [0.1, 0.15) is 5.60 Å². The van der Waals surface area contributed by atoms with Crippen molar-refractivity contribution in [2.24, 2.45) is 11.7 Å². The van der Waals surface area contributed by atoms with Crippen LogP contribution >= 0.6 is 0 Å². The summed E-state index contributed by atoms with van der Waals surface area (Å²) in [4.78, 5) is 13.9. The Bertz CT molecular complexity index is 335. The maximum Gasteiger partial charge on any atom is 0.410 e. The lowest BCUT2D eigenvalue weighted by molar-refractivity contribution is 0.0116. The second-order valence-corrected chi connectivity index (χ2v) is 7.54. The molecule has 1 amide bonds. The average molecular weight is 282 g/mol. The van der Waals surface area contributed by atoms with Crippen molar-refractivity contribution in [2.45, 2.75) is 76.9 Å². The molecule has 0 atom stereocenters. The molecule has 0 spiro atoms. The van der Waals surface area contributed by atoms with E-state index >= 15 is 0 Å². The predicted molar refractivity (Wildman–Crippen MR) is 80.5 cm³/mol. The molecule has 1 saturated carbocycles. The Balaban J connectivity index is 1.86. The third kappa shape index (κ3) is 3.87. The van der Waals surface area contributed by atoms with Crippen molar-refractivity contribution in [3.63, 3.8) is 0 Å². The summed E-state index contributed by atoms with van der Waals surface area (Å²) in [5.74, 6) is 0.650. The summed E-state index contributed by atoms with van der Waals surface area (Å²) in [6.07, 6.45) is 8.16. The lowest BCUT2D eigenvalue weighted by Crippen LogP contribution is -2.56. The van der Waals surface area contributed by atoms with Gasteiger partial charge in [-0.3, -0.25) is 0 Å². The van der Waals surface area contributed by atoms with Crippen LogP contribution in [0.5, 0.6) is 0 Å². The van der Waals surface area contributed by atoms with E-state index in [1.165, 1.54) is 32.1 Å². The van der Waals surface area contributed by atoms with E-state index in [-0.39, 0.29) is 11.6 Å². The Kier molecular flexibility index (Phi) is 4.62. The van der Waals surface area contributed by atoms with Crippen LogP contribution in [-0.2, 0) is 4.74 Å². The standard InChI is InChI=1S/C16H30N2O2/c1-15(2,3)20-14(19)18-11-9-16(17,10-12-18)13-7-5-4-6-8-13/h13H,4-12,17H2,1-3H3. The van der Waals surface area contributed by atoms with Crippen molar-refractivity contribution in [1.29, 1.82) is 0 Å². The van der Waals surface area contributed by atoms with Crippen molar-refractivity contribution < 1.29 is 9.53 Å². The van der Waals surface area contributed by atoms with Gasteiger partial charge in [-0.25, -0.2) is 4.79 Å². The van der Waals surface area contributed by atoms with Gasteiger partial charge in [-0.2, -0.15) is 0 Å². The number of hydrogen-bond donors (Lipinski definition) is 1. The Morgan fingerprint density at radius 3 is 2.20 bits per heavy atom. The van der Waals surface area contributed by atoms with Crippen LogP contribution in [0.25, 0.3) is 0 Å². The molecule has 0 radical (unpaired) electrons. The van der Waals surface area contributed by atoms with Crippen LogP contribution in [0.4, 0.5) is 4.79 Å². The topological polar surface area (TPSA) is 55.6 Å². The summed E-state index contributed by atoms with van der Waals surface area (Å²) in [7, 11) is 0. The first-order valence-corrected chi connectivity index (χ1v) is 8.07. The summed E-state index contributed by atoms with van der Waals surface area (Å²) in [6, 6.07) is 0. The Morgan fingerprint density at radius 2 is 1.70 bits per heavy atom. The molecular weight excluding hydrogens is 252 g/mol. The van der Waals surface area contributed by atoms with Crippen LogP contribution in [0.1, 0.15) is 65.7 Å². The largest absolute Gasteiger partial charge is 0.444 e. The number of carbonyl (C=O) groups excluding carboxylic acids is 1. The molecule has 2 N–H and O–H groups in total. The maximum atomic E-state index is 12.1. The molecule has 2 fully saturated rings. The maximum absolute atomic E-state index is 12.1. The van der Waals surface area contributed by atoms with Crippen LogP contribution < -0.4 is 5.73 Å². The molecule has 0 aromatic heterocycles. The molecule has 1 aliphatic carbocycles. The Hall–Kier alpha value is -0.770. The number of nitrogens with zero attached hydrogens (tertiary/aromatic N) is 1. The molecule has 1 saturated heterocycles. The van der Waals surface area contributed by atoms with E-state index in [1.54, 1.807) is 0 Å². The van der Waals surface area contributed by atoms with Gasteiger partial charge >= 0.3 is 6.09 Å². The van der Waals surface area contributed by atoms with E-state index in [1.807, 2.05) is 25.7 Å². The van der Waals surface area contributed by atoms with Gasteiger partial charge in [0.25, 0.3) is 0 Å². The zero-order valence-corrected chi connectivity index (χ0v) is 13.3. The minimum atomic E-state index is -0.419. The Labute approximate surface area is 123 Å². The summed E-state index contributed by atoms with van der Waals surface area (Å²) >= 11 is 0. The highest BCUT2D eigenvalue weighted by Gasteiger charge is 2.39. The molecule has 2 rings (SSSR count). The number of rotatable bonds is 1. The van der Waals surface area contributed by atoms with Gasteiger partial charge < -0.3 is 15.4 Å². The van der Waals surface area contributed by atoms with E-state index in [2.05, 4.69) is 0 Å². The van der Waals surface area contributed by atoms with Gasteiger partial charge in [0.15, 0.2) is 0 Å². The van der Waals surface area contributed by atoms with Crippen molar-refractivity contribution in [3.8, 4) is 0 Å². The third-order valence-corrected chi connectivity index (χ3v) is 4.76. The van der Waals surface area contributed by atoms with Crippen LogP contribution in [0.2, 0.25) is 0 Å². The first kappa shape index (κ1) is 15.6. The van der Waals surface area contributed by atoms with Gasteiger partial charge in [-0.15, -0.1) is 0 Å². The fraction of sp³-hybridized carbons (Fsp3) is 0.938. The first-order valence-electron chi connectivity index (χ1n) is 8.07. The average Bonchev–Trinajstić information content (AvgIpc) is 2.38. The van der Waals surface area contributed by atoms with Crippen LogP contribution in [0, 0.1) is 5.92 Å². The number of ether oxygens (including phenoxy) is 1. The molecular formula is C16H30N2O2. The van der Waals surface area contributed by atoms with Crippen molar-refractivity contribution in [3.05, 3.63) is 0 Å². The van der Waals surface area contributed by atoms with Gasteiger partial charge in [0.2, 0.25) is 0 Å². The van der Waals surface area contributed by atoms with Crippen LogP contribution in [0.15, 0.2) is 0 Å². The second-order valence-electron chi connectivity index (χ2n) is 7.54. The predicted octanol–water partition coefficient (Wildman–Crippen LogP) is 3.30. The van der Waals surface area contributed by atoms with Crippen molar-refractivity contribution in [2.75, 3.05) is 13.1 Å². The smallest absolute Gasteiger partial charge is 0.410 e. The SMILES string of the molecule is CC(C)(C)OC(=O)N1CCC(N)(C2CCCCC2)CC1. The number of nitrogens with two attached hydrogens (primary N) is 1. The van der Waals surface area contributed by atoms with Crippen molar-refractivity contribution in [1.82, 2.24) is 4.90 Å². The number of amides is 1. The Morgan fingerprint density at radius 1 is 1.15 bits per heavy atom. The molecule has 116 valence electrons. The molecule has 1 aliphatic heterocycles. The zero-order valence-electron chi connectivity index (χ0n) is 13.3. The van der Waals surface area contributed by atoms with E-state index in [9.17, 15) is 4.79 Å². The van der Waals surface area contributed by atoms with Gasteiger partial charge in [-0.05, 0) is 52.4 Å². The normalized spacial score (nSPS) is 24.5. The molecule has 2 aliphatic rings. The quantitative estimate of drug-likeness (QED) is 0.803. The highest BCUT2D eigenvalue weighted by atomic mass is 16.6. The van der Waals surface area contributed by atoms with Crippen LogP contribution in [-0.4, -0.2) is 35.2 Å². The third-order valence-electron chi connectivity index (χ3n) is 4.76. The number of hydrogen-bond acceptors (Lipinski definition) is 3. The molecule has 0 aromatic rings. The van der Waals surface area contributed by atoms with Gasteiger partial charge in [0, 0.05) is 18.6 Å². The lowest BCUT2D eigenvalue weighted by atomic mass is 9.70. The molecule has 1 heterocycles. The summed E-state index contributed by atoms with van der Waals surface area (Å²) in [6.45, 7) is 7.20. The number of piperidine rings is 1. The lowest BCUT2D eigenvalue weighted by Gasteiger charge is -2.45. The summed E-state index contributed by atoms with van der Waals surface area (Å²) < 4.78 is 5.44. The molecule has 0 bridgehead atoms. The minimum Gasteiger partial charge on any atom is -0.444 e. The first-order chi connectivity index (χ1) is 9.30. The van der Waals surface area contributed by atoms with E-state index in [0.29, 0.717) is 5.92 Å². The molecule has 4 heteroatoms. The molecule has 4 nitrogen and oxygen atoms in total. The highest BCUT2D eigenvalue weighted by Crippen LogP contribution is 2.37. The number of carbonyl (C=O) groups is 1. The van der Waals surface area contributed by atoms with E-state index in [0.717, 1.165) is 25.9 Å². The molecule has 0 unspecified atom stereocenters. The summed E-state index contributed by atoms with van der Waals surface area (Å²) in [5.41, 5.74) is 6.17. The van der Waals surface area contributed by atoms with Crippen molar-refractivity contribution >= 4 is 6.09 Å². The van der Waals surface area contributed by atoms with E-state index < -0.39 is 5.60 Å². The number of likely N-dealkylation sites (tertiary alicyclic amines) is 1.